The van der Waals surface area contributed by atoms with Crippen molar-refractivity contribution in [3.05, 3.63) is 48.8 Å². The van der Waals surface area contributed by atoms with Crippen molar-refractivity contribution < 1.29 is 74.8 Å². The van der Waals surface area contributed by atoms with Gasteiger partial charge in [-0.2, -0.15) is 0 Å². The molecule has 0 aliphatic heterocycles. The van der Waals surface area contributed by atoms with Crippen molar-refractivity contribution in [3.8, 4) is 0 Å². The van der Waals surface area contributed by atoms with Crippen LogP contribution >= 0.6 is 0 Å². The summed E-state index contributed by atoms with van der Waals surface area (Å²) in [5.74, 6) is 1.14. The molecule has 0 aliphatic carbocycles. The predicted octanol–water partition coefficient (Wildman–Crippen LogP) is -8.19. The second kappa shape index (κ2) is 15.0. The van der Waals surface area contributed by atoms with Gasteiger partial charge in [-0.1, -0.05) is 12.1 Å². The Balaban J connectivity index is -0.000000259. The van der Waals surface area contributed by atoms with Gasteiger partial charge in [-0.3, -0.25) is 0 Å². The molecule has 15 heteroatoms. The minimum atomic E-state index is -4.94. The number of nitrogens with two attached hydrogens (primary N) is 2. The van der Waals surface area contributed by atoms with Crippen LogP contribution in [0.15, 0.2) is 48.8 Å². The number of pyridine rings is 2. The van der Waals surface area contributed by atoms with Gasteiger partial charge in [-0.15, -0.1) is 20.5 Å². The molecule has 0 spiro atoms. The Hall–Kier alpha value is -1.32. The molecule has 4 N–H and O–H groups in total. The van der Waals surface area contributed by atoms with Crippen LogP contribution in [0.3, 0.4) is 0 Å². The monoisotopic (exact) mass is 442 g/mol. The summed E-state index contributed by atoms with van der Waals surface area (Å²) >= 11 is 0. The van der Waals surface area contributed by atoms with Crippen LogP contribution < -0.4 is 48.7 Å². The summed E-state index contributed by atoms with van der Waals surface area (Å²) in [5, 5.41) is 0. The van der Waals surface area contributed by atoms with Gasteiger partial charge in [0.05, 0.1) is 0 Å². The molecule has 2 aromatic heterocycles. The first-order chi connectivity index (χ1) is 10.8. The van der Waals surface area contributed by atoms with Crippen LogP contribution in [-0.2, 0) is 17.1 Å². The zero-order chi connectivity index (χ0) is 19.2. The number of rotatable bonds is 0. The zero-order valence-electron chi connectivity index (χ0n) is 12.0. The van der Waals surface area contributed by atoms with Crippen LogP contribution in [0.25, 0.3) is 0 Å². The summed E-state index contributed by atoms with van der Waals surface area (Å²) in [5.41, 5.74) is 10.5. The molecule has 142 valence electrons. The molecule has 0 unspecified atom stereocenters. The Morgan fingerprint density at radius 3 is 0.920 bits per heavy atom. The standard InChI is InChI=1S/2C5H6N2.2ClHO4.Fe/c2*6-5-3-1-2-4-7-5;2*2-1(3,4)5;/h2*1-4H,(H2,6,7);2*(H,2,3,4,5);/q;;;;+2/p-2. The molecule has 0 aromatic carbocycles. The summed E-state index contributed by atoms with van der Waals surface area (Å²) in [6.45, 7) is 0. The Bertz CT molecular complexity index is 468. The van der Waals surface area contributed by atoms with Gasteiger partial charge in [0.25, 0.3) is 0 Å². The first-order valence-corrected chi connectivity index (χ1v) is 7.82. The fourth-order valence-corrected chi connectivity index (χ4v) is 0.752. The second-order valence-corrected chi connectivity index (χ2v) is 4.78. The van der Waals surface area contributed by atoms with E-state index < -0.39 is 20.5 Å². The molecule has 0 radical (unpaired) electrons. The molecule has 2 aromatic rings. The average molecular weight is 443 g/mol. The fraction of sp³-hybridized carbons (Fsp3) is 0. The molecule has 0 bridgehead atoms. The number of hydrogen-bond acceptors (Lipinski definition) is 12. The van der Waals surface area contributed by atoms with E-state index in [9.17, 15) is 0 Å². The van der Waals surface area contributed by atoms with Gasteiger partial charge in [-0.05, 0) is 24.3 Å². The third-order valence-electron chi connectivity index (χ3n) is 1.38. The smallest absolute Gasteiger partial charge is 0.384 e. The summed E-state index contributed by atoms with van der Waals surface area (Å²) in [6, 6.07) is 10.9. The summed E-state index contributed by atoms with van der Waals surface area (Å²) in [7, 11) is -9.89. The maximum atomic E-state index is 8.49. The SMILES string of the molecule is Nc1ccccn1.Nc1ccccn1.[Fe+2].[O-][Cl+3]([O-])([O-])[O-].[O-][Cl+3]([O-])([O-])[O-]. The van der Waals surface area contributed by atoms with E-state index in [1.54, 1.807) is 24.5 Å². The third-order valence-corrected chi connectivity index (χ3v) is 1.38. The van der Waals surface area contributed by atoms with Crippen molar-refractivity contribution in [2.45, 2.75) is 0 Å². The number of halogens is 2. The normalized spacial score (nSPS) is 9.60. The van der Waals surface area contributed by atoms with Crippen molar-refractivity contribution >= 4 is 11.6 Å². The van der Waals surface area contributed by atoms with Crippen LogP contribution in [0.4, 0.5) is 11.6 Å². The van der Waals surface area contributed by atoms with Crippen LogP contribution in [0.5, 0.6) is 0 Å². The average Bonchev–Trinajstić information content (AvgIpc) is 2.37. The number of aromatic nitrogens is 2. The summed E-state index contributed by atoms with van der Waals surface area (Å²) in [6.07, 6.45) is 3.32. The van der Waals surface area contributed by atoms with Gasteiger partial charge >= 0.3 is 17.1 Å². The van der Waals surface area contributed by atoms with E-state index in [0.717, 1.165) is 0 Å². The maximum Gasteiger partial charge on any atom is 2.00 e. The Morgan fingerprint density at radius 1 is 0.600 bits per heavy atom. The molecule has 0 saturated carbocycles. The van der Waals surface area contributed by atoms with Crippen LogP contribution in [0.2, 0.25) is 0 Å². The van der Waals surface area contributed by atoms with E-state index >= 15 is 0 Å². The quantitative estimate of drug-likeness (QED) is 0.360. The van der Waals surface area contributed by atoms with Crippen molar-refractivity contribution in [1.82, 2.24) is 9.97 Å². The first-order valence-electron chi connectivity index (χ1n) is 5.35. The van der Waals surface area contributed by atoms with Gasteiger partial charge in [-0.25, -0.2) is 47.2 Å². The fourth-order valence-electron chi connectivity index (χ4n) is 0.752. The van der Waals surface area contributed by atoms with Gasteiger partial charge in [0.15, 0.2) is 0 Å². The van der Waals surface area contributed by atoms with E-state index in [1.807, 2.05) is 24.3 Å². The van der Waals surface area contributed by atoms with Crippen LogP contribution in [0, 0.1) is 20.5 Å². The van der Waals surface area contributed by atoms with E-state index in [0.29, 0.717) is 11.6 Å². The number of anilines is 2. The van der Waals surface area contributed by atoms with E-state index in [2.05, 4.69) is 9.97 Å². The molecule has 0 fully saturated rings. The molecular formula is C10H12Cl2FeN4O8. The molecule has 0 atom stereocenters. The molecule has 2 heterocycles. The maximum absolute atomic E-state index is 8.49. The number of nitrogen functional groups attached to an aromatic ring is 2. The van der Waals surface area contributed by atoms with Crippen LogP contribution in [-0.4, -0.2) is 9.97 Å². The van der Waals surface area contributed by atoms with E-state index in [4.69, 9.17) is 48.7 Å². The minimum Gasteiger partial charge on any atom is -0.384 e. The molecule has 2 rings (SSSR count). The van der Waals surface area contributed by atoms with Crippen molar-refractivity contribution in [1.29, 1.82) is 0 Å². The first kappa shape index (κ1) is 28.5. The number of nitrogens with zero attached hydrogens (tertiary/aromatic N) is 2. The Labute approximate surface area is 156 Å². The van der Waals surface area contributed by atoms with Crippen molar-refractivity contribution in [2.24, 2.45) is 0 Å². The van der Waals surface area contributed by atoms with Gasteiger partial charge in [0.2, 0.25) is 0 Å². The van der Waals surface area contributed by atoms with E-state index in [1.165, 1.54) is 0 Å². The predicted molar refractivity (Wildman–Crippen MR) is 57.3 cm³/mol. The van der Waals surface area contributed by atoms with Gasteiger partial charge in [0, 0.05) is 12.4 Å². The third kappa shape index (κ3) is 45.0. The summed E-state index contributed by atoms with van der Waals surface area (Å²) in [4.78, 5) is 7.51. The second-order valence-electron chi connectivity index (χ2n) is 3.27. The topological polar surface area (TPSA) is 262 Å². The Kier molecular flexibility index (Phi) is 17.1. The molecule has 12 nitrogen and oxygen atoms in total. The number of hydrogen-bond donors (Lipinski definition) is 2. The van der Waals surface area contributed by atoms with Crippen LogP contribution in [0.1, 0.15) is 0 Å². The zero-order valence-corrected chi connectivity index (χ0v) is 14.7. The molecule has 0 saturated heterocycles. The molecule has 0 amide bonds. The van der Waals surface area contributed by atoms with Gasteiger partial charge in [0.1, 0.15) is 11.6 Å². The Morgan fingerprint density at radius 2 is 0.840 bits per heavy atom. The van der Waals surface area contributed by atoms with Gasteiger partial charge < -0.3 is 11.5 Å². The largest absolute Gasteiger partial charge is 2.00 e. The van der Waals surface area contributed by atoms with E-state index in [-0.39, 0.29) is 17.1 Å². The summed E-state index contributed by atoms with van der Waals surface area (Å²) < 4.78 is 67.9. The molecular weight excluding hydrogens is 431 g/mol. The van der Waals surface area contributed by atoms with Crippen molar-refractivity contribution in [3.63, 3.8) is 0 Å². The molecule has 0 aliphatic rings. The minimum absolute atomic E-state index is 0. The molecule has 25 heavy (non-hydrogen) atoms. The van der Waals surface area contributed by atoms with Crippen molar-refractivity contribution in [2.75, 3.05) is 11.5 Å².